The standard InChI is InChI=1S/C2H8N2.3BrH.Cr/c3-1-2-4;;;;/h1-4H2;3*1H;/q;;;;+3/p-3. The second kappa shape index (κ2) is 36.6. The van der Waals surface area contributed by atoms with Crippen LogP contribution in [-0.4, -0.2) is 13.1 Å². The quantitative estimate of drug-likeness (QED) is 0.493. The molecule has 1 radical (unpaired) electrons. The molecule has 8 heavy (non-hydrogen) atoms. The van der Waals surface area contributed by atoms with E-state index in [1.54, 1.807) is 0 Å². The van der Waals surface area contributed by atoms with Crippen molar-refractivity contribution in [1.29, 1.82) is 0 Å². The van der Waals surface area contributed by atoms with E-state index in [2.05, 4.69) is 0 Å². The molecule has 0 aliphatic heterocycles. The van der Waals surface area contributed by atoms with Crippen LogP contribution in [0, 0.1) is 0 Å². The fourth-order valence-electron chi connectivity index (χ4n) is 0. The van der Waals surface area contributed by atoms with Crippen molar-refractivity contribution in [3.8, 4) is 0 Å². The predicted molar refractivity (Wildman–Crippen MR) is 18.1 cm³/mol. The van der Waals surface area contributed by atoms with Crippen molar-refractivity contribution in [1.82, 2.24) is 0 Å². The Morgan fingerprint density at radius 1 is 0.750 bits per heavy atom. The fourth-order valence-corrected chi connectivity index (χ4v) is 0. The van der Waals surface area contributed by atoms with E-state index in [0.29, 0.717) is 13.1 Å². The molecule has 2 nitrogen and oxygen atoms in total. The number of nitrogens with two attached hydrogens (primary N) is 2. The van der Waals surface area contributed by atoms with Crippen LogP contribution in [0.3, 0.4) is 0 Å². The van der Waals surface area contributed by atoms with Gasteiger partial charge < -0.3 is 62.4 Å². The van der Waals surface area contributed by atoms with E-state index in [9.17, 15) is 0 Å². The van der Waals surface area contributed by atoms with E-state index < -0.39 is 0 Å². The minimum Gasteiger partial charge on any atom is -1.00 e. The van der Waals surface area contributed by atoms with Crippen molar-refractivity contribution in [3.05, 3.63) is 0 Å². The van der Waals surface area contributed by atoms with Gasteiger partial charge in [0.1, 0.15) is 0 Å². The van der Waals surface area contributed by atoms with Crippen LogP contribution in [0.2, 0.25) is 0 Å². The van der Waals surface area contributed by atoms with Gasteiger partial charge in [-0.2, -0.15) is 0 Å². The fraction of sp³-hybridized carbons (Fsp3) is 1.00. The zero-order chi connectivity index (χ0) is 3.41. The molecule has 0 atom stereocenters. The molecular formula is C2H8Br3CrN2. The Bertz CT molecular complexity index is 17.2. The van der Waals surface area contributed by atoms with E-state index in [1.807, 2.05) is 0 Å². The molecule has 0 spiro atoms. The molecule has 0 fully saturated rings. The third-order valence-corrected chi connectivity index (χ3v) is 0.167. The Morgan fingerprint density at radius 2 is 0.875 bits per heavy atom. The summed E-state index contributed by atoms with van der Waals surface area (Å²) in [6, 6.07) is 0. The topological polar surface area (TPSA) is 52.0 Å². The summed E-state index contributed by atoms with van der Waals surface area (Å²) in [4.78, 5) is 0. The molecular weight excluding hydrogens is 344 g/mol. The normalized spacial score (nSPS) is 3.75. The first-order chi connectivity index (χ1) is 1.91. The molecule has 0 unspecified atom stereocenters. The minimum absolute atomic E-state index is 0. The van der Waals surface area contributed by atoms with Crippen LogP contribution in [0.4, 0.5) is 0 Å². The summed E-state index contributed by atoms with van der Waals surface area (Å²) < 4.78 is 0. The van der Waals surface area contributed by atoms with Gasteiger partial charge in [-0.1, -0.05) is 0 Å². The summed E-state index contributed by atoms with van der Waals surface area (Å²) in [5.41, 5.74) is 9.81. The summed E-state index contributed by atoms with van der Waals surface area (Å²) in [6.45, 7) is 1.19. The Hall–Kier alpha value is 1.89. The van der Waals surface area contributed by atoms with Crippen LogP contribution >= 0.6 is 0 Å². The number of hydrogen-bond acceptors (Lipinski definition) is 2. The summed E-state index contributed by atoms with van der Waals surface area (Å²) in [7, 11) is 0. The van der Waals surface area contributed by atoms with E-state index in [-0.39, 0.29) is 68.3 Å². The van der Waals surface area contributed by atoms with Gasteiger partial charge in [-0.3, -0.25) is 0 Å². The molecule has 0 aliphatic rings. The zero-order valence-corrected chi connectivity index (χ0v) is 10.1. The smallest absolute Gasteiger partial charge is 1.00 e. The maximum Gasteiger partial charge on any atom is 3.00 e. The summed E-state index contributed by atoms with van der Waals surface area (Å²) in [5, 5.41) is 0. The summed E-state index contributed by atoms with van der Waals surface area (Å²) in [6.07, 6.45) is 0. The van der Waals surface area contributed by atoms with Crippen molar-refractivity contribution in [2.45, 2.75) is 0 Å². The van der Waals surface area contributed by atoms with Crippen molar-refractivity contribution >= 4 is 0 Å². The van der Waals surface area contributed by atoms with Gasteiger partial charge in [-0.05, 0) is 0 Å². The van der Waals surface area contributed by atoms with E-state index in [4.69, 9.17) is 11.5 Å². The molecule has 0 aliphatic carbocycles. The number of hydrogen-bond donors (Lipinski definition) is 2. The second-order valence-electron chi connectivity index (χ2n) is 0.577. The molecule has 0 saturated heterocycles. The second-order valence-corrected chi connectivity index (χ2v) is 0.577. The van der Waals surface area contributed by atoms with Gasteiger partial charge >= 0.3 is 17.4 Å². The molecule has 0 amide bonds. The first kappa shape index (κ1) is 32.7. The predicted octanol–water partition coefficient (Wildman–Crippen LogP) is -10.1. The maximum absolute atomic E-state index is 4.90. The first-order valence-electron chi connectivity index (χ1n) is 1.32. The van der Waals surface area contributed by atoms with Crippen molar-refractivity contribution < 1.29 is 68.3 Å². The maximum atomic E-state index is 4.90. The molecule has 0 heterocycles. The molecule has 0 aromatic heterocycles. The van der Waals surface area contributed by atoms with Gasteiger partial charge in [-0.15, -0.1) is 0 Å². The van der Waals surface area contributed by atoms with Crippen molar-refractivity contribution in [2.24, 2.45) is 11.5 Å². The average Bonchev–Trinajstić information content (AvgIpc) is 1.37. The van der Waals surface area contributed by atoms with Gasteiger partial charge in [0.05, 0.1) is 0 Å². The van der Waals surface area contributed by atoms with Crippen LogP contribution in [0.5, 0.6) is 0 Å². The molecule has 4 N–H and O–H groups in total. The van der Waals surface area contributed by atoms with Gasteiger partial charge in [0.15, 0.2) is 0 Å². The first-order valence-corrected chi connectivity index (χ1v) is 1.32. The van der Waals surface area contributed by atoms with Gasteiger partial charge in [-0.25, -0.2) is 0 Å². The Morgan fingerprint density at radius 3 is 0.875 bits per heavy atom. The minimum atomic E-state index is 0. The third-order valence-electron chi connectivity index (χ3n) is 0.167. The number of halogens is 3. The molecule has 6 heteroatoms. The van der Waals surface area contributed by atoms with E-state index in [0.717, 1.165) is 0 Å². The van der Waals surface area contributed by atoms with Gasteiger partial charge in [0.2, 0.25) is 0 Å². The molecule has 0 rings (SSSR count). The van der Waals surface area contributed by atoms with Crippen LogP contribution in [-0.2, 0) is 17.4 Å². The Labute approximate surface area is 92.2 Å². The largest absolute Gasteiger partial charge is 3.00 e. The van der Waals surface area contributed by atoms with Crippen LogP contribution < -0.4 is 62.4 Å². The molecule has 53 valence electrons. The van der Waals surface area contributed by atoms with E-state index in [1.165, 1.54) is 0 Å². The van der Waals surface area contributed by atoms with Crippen molar-refractivity contribution in [3.63, 3.8) is 0 Å². The molecule has 0 bridgehead atoms. The number of rotatable bonds is 1. The Kier molecular flexibility index (Phi) is 149. The molecule has 0 saturated carbocycles. The van der Waals surface area contributed by atoms with Gasteiger partial charge in [0, 0.05) is 13.1 Å². The van der Waals surface area contributed by atoms with Crippen LogP contribution in [0.15, 0.2) is 0 Å². The molecule has 0 aromatic rings. The Balaban J connectivity index is -0.00000000750. The van der Waals surface area contributed by atoms with Gasteiger partial charge in [0.25, 0.3) is 0 Å². The van der Waals surface area contributed by atoms with E-state index >= 15 is 0 Å². The monoisotopic (exact) mass is 349 g/mol. The zero-order valence-electron chi connectivity index (χ0n) is 4.11. The SMILES string of the molecule is NCCN.[Br-].[Br-].[Br-].[Cr+3]. The summed E-state index contributed by atoms with van der Waals surface area (Å²) in [5.74, 6) is 0. The molecule has 0 aromatic carbocycles. The van der Waals surface area contributed by atoms with Crippen molar-refractivity contribution in [2.75, 3.05) is 13.1 Å². The summed E-state index contributed by atoms with van der Waals surface area (Å²) >= 11 is 0. The third kappa shape index (κ3) is 44.8. The van der Waals surface area contributed by atoms with Crippen LogP contribution in [0.25, 0.3) is 0 Å². The average molecular weight is 352 g/mol. The van der Waals surface area contributed by atoms with Crippen LogP contribution in [0.1, 0.15) is 0 Å².